The van der Waals surface area contributed by atoms with Crippen molar-refractivity contribution in [2.75, 3.05) is 19.8 Å². The van der Waals surface area contributed by atoms with Crippen LogP contribution >= 0.6 is 7.82 Å². The third kappa shape index (κ3) is 25.6. The molecule has 0 saturated carbocycles. The van der Waals surface area contributed by atoms with Crippen molar-refractivity contribution < 1.29 is 47.5 Å². The lowest BCUT2D eigenvalue weighted by Crippen LogP contribution is -2.34. The van der Waals surface area contributed by atoms with Gasteiger partial charge in [0, 0.05) is 12.8 Å². The number of phosphoric acid groups is 1. The molecule has 12 heteroatoms. The van der Waals surface area contributed by atoms with Crippen LogP contribution in [0.25, 0.3) is 0 Å². The zero-order valence-electron chi connectivity index (χ0n) is 25.1. The van der Waals surface area contributed by atoms with E-state index in [2.05, 4.69) is 23.6 Å². The minimum Gasteiger partial charge on any atom is -0.480 e. The fraction of sp³-hybridized carbons (Fsp3) is 0.828. The van der Waals surface area contributed by atoms with Crippen molar-refractivity contribution in [2.24, 2.45) is 5.73 Å². The molecular weight excluding hydrogens is 553 g/mol. The van der Waals surface area contributed by atoms with Crippen molar-refractivity contribution in [1.29, 1.82) is 0 Å². The van der Waals surface area contributed by atoms with Crippen molar-refractivity contribution in [3.63, 3.8) is 0 Å². The molecule has 0 spiro atoms. The van der Waals surface area contributed by atoms with Crippen LogP contribution in [0.2, 0.25) is 0 Å². The highest BCUT2D eigenvalue weighted by atomic mass is 31.2. The van der Waals surface area contributed by atoms with Gasteiger partial charge in [0.15, 0.2) is 6.10 Å². The molecule has 0 saturated heterocycles. The first-order valence-electron chi connectivity index (χ1n) is 15.2. The lowest BCUT2D eigenvalue weighted by molar-refractivity contribution is -0.161. The average Bonchev–Trinajstić information content (AvgIpc) is 2.93. The third-order valence-corrected chi connectivity index (χ3v) is 7.21. The summed E-state index contributed by atoms with van der Waals surface area (Å²) in [5.41, 5.74) is 5.26. The molecule has 0 heterocycles. The van der Waals surface area contributed by atoms with Gasteiger partial charge in [-0.3, -0.25) is 23.4 Å². The maximum absolute atomic E-state index is 12.4. The number of nitrogens with two attached hydrogens (primary N) is 1. The topological polar surface area (TPSA) is 172 Å². The number of hydrogen-bond donors (Lipinski definition) is 3. The summed E-state index contributed by atoms with van der Waals surface area (Å²) >= 11 is 0. The molecule has 41 heavy (non-hydrogen) atoms. The van der Waals surface area contributed by atoms with E-state index in [1.165, 1.54) is 32.1 Å². The molecule has 0 aliphatic carbocycles. The quantitative estimate of drug-likeness (QED) is 0.0399. The van der Waals surface area contributed by atoms with E-state index >= 15 is 0 Å². The number of carboxylic acid groups (broad SMARTS) is 1. The second-order valence-electron chi connectivity index (χ2n) is 10.2. The van der Waals surface area contributed by atoms with Crippen LogP contribution in [-0.2, 0) is 37.5 Å². The maximum Gasteiger partial charge on any atom is 0.472 e. The van der Waals surface area contributed by atoms with E-state index in [0.717, 1.165) is 51.4 Å². The Morgan fingerprint density at radius 1 is 0.732 bits per heavy atom. The summed E-state index contributed by atoms with van der Waals surface area (Å²) in [4.78, 5) is 44.9. The van der Waals surface area contributed by atoms with Crippen LogP contribution in [0.3, 0.4) is 0 Å². The van der Waals surface area contributed by atoms with Crippen LogP contribution in [-0.4, -0.2) is 59.9 Å². The smallest absolute Gasteiger partial charge is 0.472 e. The van der Waals surface area contributed by atoms with Crippen molar-refractivity contribution >= 4 is 25.7 Å². The third-order valence-electron chi connectivity index (χ3n) is 6.26. The van der Waals surface area contributed by atoms with E-state index in [1.54, 1.807) is 0 Å². The summed E-state index contributed by atoms with van der Waals surface area (Å²) in [6.07, 6.45) is 19.6. The summed E-state index contributed by atoms with van der Waals surface area (Å²) in [7, 11) is -4.68. The van der Waals surface area contributed by atoms with Crippen LogP contribution < -0.4 is 5.73 Å². The predicted octanol–water partition coefficient (Wildman–Crippen LogP) is 6.21. The van der Waals surface area contributed by atoms with Gasteiger partial charge in [-0.15, -0.1) is 0 Å². The fourth-order valence-electron chi connectivity index (χ4n) is 3.76. The molecule has 0 aromatic carbocycles. The molecule has 3 unspecified atom stereocenters. The van der Waals surface area contributed by atoms with Gasteiger partial charge in [-0.05, 0) is 38.5 Å². The average molecular weight is 608 g/mol. The number of carboxylic acids is 1. The molecule has 0 aliphatic heterocycles. The minimum atomic E-state index is -4.68. The van der Waals surface area contributed by atoms with Gasteiger partial charge in [0.2, 0.25) is 0 Å². The zero-order chi connectivity index (χ0) is 30.8. The van der Waals surface area contributed by atoms with Gasteiger partial charge < -0.3 is 25.2 Å². The predicted molar refractivity (Wildman–Crippen MR) is 157 cm³/mol. The van der Waals surface area contributed by atoms with Gasteiger partial charge in [-0.2, -0.15) is 0 Å². The number of esters is 2. The summed E-state index contributed by atoms with van der Waals surface area (Å²) < 4.78 is 32.0. The number of allylic oxidation sites excluding steroid dienone is 2. The van der Waals surface area contributed by atoms with Crippen LogP contribution in [0.4, 0.5) is 0 Å². The van der Waals surface area contributed by atoms with Crippen LogP contribution in [0.15, 0.2) is 12.2 Å². The van der Waals surface area contributed by atoms with Crippen LogP contribution in [0.5, 0.6) is 0 Å². The Balaban J connectivity index is 4.39. The first-order valence-corrected chi connectivity index (χ1v) is 16.7. The number of aliphatic carboxylic acids is 1. The fourth-order valence-corrected chi connectivity index (χ4v) is 4.54. The Labute approximate surface area is 246 Å². The molecule has 4 N–H and O–H groups in total. The lowest BCUT2D eigenvalue weighted by Gasteiger charge is -2.20. The molecule has 0 bridgehead atoms. The molecule has 11 nitrogen and oxygen atoms in total. The first-order chi connectivity index (χ1) is 19.6. The Morgan fingerprint density at radius 3 is 1.83 bits per heavy atom. The van der Waals surface area contributed by atoms with Gasteiger partial charge in [-0.1, -0.05) is 83.8 Å². The number of phosphoric ester groups is 1. The highest BCUT2D eigenvalue weighted by Crippen LogP contribution is 2.43. The number of rotatable bonds is 28. The van der Waals surface area contributed by atoms with Crippen molar-refractivity contribution in [3.05, 3.63) is 12.2 Å². The maximum atomic E-state index is 12.4. The van der Waals surface area contributed by atoms with Gasteiger partial charge in [0.05, 0.1) is 13.2 Å². The lowest BCUT2D eigenvalue weighted by atomic mass is 10.1. The normalized spacial score (nSPS) is 14.4. The number of hydrogen-bond acceptors (Lipinski definition) is 9. The number of carbonyl (C=O) groups is 3. The second kappa shape index (κ2) is 25.9. The molecule has 0 fully saturated rings. The number of unbranched alkanes of at least 4 members (excludes halogenated alkanes) is 12. The van der Waals surface area contributed by atoms with E-state index < -0.39 is 51.1 Å². The van der Waals surface area contributed by atoms with E-state index in [1.807, 2.05) is 6.92 Å². The molecule has 3 atom stereocenters. The first kappa shape index (κ1) is 39.2. The number of carbonyl (C=O) groups excluding carboxylic acids is 2. The molecule has 0 radical (unpaired) electrons. The second-order valence-corrected chi connectivity index (χ2v) is 11.7. The Hall–Kier alpha value is -1.78. The molecular formula is C29H54NO10P. The molecule has 240 valence electrons. The minimum absolute atomic E-state index is 0.152. The van der Waals surface area contributed by atoms with E-state index in [9.17, 15) is 23.8 Å². The molecule has 0 aliphatic rings. The Morgan fingerprint density at radius 2 is 1.22 bits per heavy atom. The Bertz CT molecular complexity index is 777. The highest BCUT2D eigenvalue weighted by molar-refractivity contribution is 7.47. The SMILES string of the molecule is CCCCCCC/C=C\CCCCCCCC(=O)OC(COC(=O)CCCCC)COP(=O)(O)OCC(N)C(=O)O. The summed E-state index contributed by atoms with van der Waals surface area (Å²) in [6.45, 7) is 2.54. The zero-order valence-corrected chi connectivity index (χ0v) is 26.0. The highest BCUT2D eigenvalue weighted by Gasteiger charge is 2.28. The van der Waals surface area contributed by atoms with Crippen molar-refractivity contribution in [3.8, 4) is 0 Å². The van der Waals surface area contributed by atoms with Crippen molar-refractivity contribution in [2.45, 2.75) is 135 Å². The standard InChI is InChI=1S/C29H54NO10P/c1-3-5-7-8-9-10-11-12-13-14-15-16-17-19-21-28(32)40-25(22-37-27(31)20-18-6-4-2)23-38-41(35,36)39-24-26(30)29(33)34/h11-12,25-26H,3-10,13-24,30H2,1-2H3,(H,33,34)(H,35,36)/b12-11-. The number of ether oxygens (including phenoxy) is 2. The molecule has 0 aromatic rings. The van der Waals surface area contributed by atoms with E-state index in [-0.39, 0.29) is 19.4 Å². The van der Waals surface area contributed by atoms with Gasteiger partial charge in [0.25, 0.3) is 0 Å². The van der Waals surface area contributed by atoms with Gasteiger partial charge in [0.1, 0.15) is 12.6 Å². The van der Waals surface area contributed by atoms with Gasteiger partial charge in [-0.25, -0.2) is 4.57 Å². The summed E-state index contributed by atoms with van der Waals surface area (Å²) in [5, 5.41) is 8.77. The molecule has 0 aromatic heterocycles. The summed E-state index contributed by atoms with van der Waals surface area (Å²) in [5.74, 6) is -2.42. The molecule has 0 amide bonds. The Kier molecular flexibility index (Phi) is 24.8. The molecule has 0 rings (SSSR count). The monoisotopic (exact) mass is 607 g/mol. The van der Waals surface area contributed by atoms with Gasteiger partial charge >= 0.3 is 25.7 Å². The van der Waals surface area contributed by atoms with Crippen LogP contribution in [0, 0.1) is 0 Å². The van der Waals surface area contributed by atoms with Crippen LogP contribution in [0.1, 0.15) is 123 Å². The van der Waals surface area contributed by atoms with E-state index in [4.69, 9.17) is 24.8 Å². The summed E-state index contributed by atoms with van der Waals surface area (Å²) in [6, 6.07) is -1.52. The largest absolute Gasteiger partial charge is 0.480 e. The van der Waals surface area contributed by atoms with Crippen molar-refractivity contribution in [1.82, 2.24) is 0 Å². The van der Waals surface area contributed by atoms with E-state index in [0.29, 0.717) is 12.8 Å².